The molecule has 0 heterocycles. The summed E-state index contributed by atoms with van der Waals surface area (Å²) in [4.78, 5) is 0. The molecule has 15 heavy (non-hydrogen) atoms. The Balaban J connectivity index is 3.29. The molecular weight excluding hydrogens is 218 g/mol. The van der Waals surface area contributed by atoms with Gasteiger partial charge in [0.25, 0.3) is 0 Å². The Labute approximate surface area is 96.9 Å². The van der Waals surface area contributed by atoms with E-state index in [2.05, 4.69) is 59.9 Å². The second-order valence-corrected chi connectivity index (χ2v) is 16.0. The zero-order valence-electron chi connectivity index (χ0n) is 11.6. The summed E-state index contributed by atoms with van der Waals surface area (Å²) in [6.45, 7) is 18.4. The van der Waals surface area contributed by atoms with Gasteiger partial charge in [-0.05, 0) is 32.7 Å². The van der Waals surface area contributed by atoms with Gasteiger partial charge in [-0.1, -0.05) is 25.6 Å². The zero-order chi connectivity index (χ0) is 12.1. The van der Waals surface area contributed by atoms with Gasteiger partial charge in [0.15, 0.2) is 0 Å². The van der Waals surface area contributed by atoms with Crippen LogP contribution in [0, 0.1) is 11.5 Å². The molecule has 88 valence electrons. The minimum atomic E-state index is -0.889. The predicted molar refractivity (Wildman–Crippen MR) is 79.5 cm³/mol. The van der Waals surface area contributed by atoms with Crippen molar-refractivity contribution in [1.82, 2.24) is 0 Å². The molecule has 0 aromatic carbocycles. The number of hydrogen-bond donors (Lipinski definition) is 0. The standard InChI is InChI=1S/C13H26P2/c1-13(2)10-11(14(3,4)5)9-12(13)15(6,7)8/h10H2,1-8H3. The quantitative estimate of drug-likeness (QED) is 0.481. The van der Waals surface area contributed by atoms with Crippen LogP contribution in [0.15, 0.2) is 5.31 Å². The topological polar surface area (TPSA) is 0 Å². The van der Waals surface area contributed by atoms with E-state index in [1.807, 2.05) is 0 Å². The maximum absolute atomic E-state index is 3.79. The Kier molecular flexibility index (Phi) is 3.38. The van der Waals surface area contributed by atoms with Crippen LogP contribution in [0.3, 0.4) is 0 Å². The molecule has 1 aliphatic rings. The van der Waals surface area contributed by atoms with E-state index in [0.29, 0.717) is 5.41 Å². The molecule has 0 N–H and O–H groups in total. The lowest BCUT2D eigenvalue weighted by molar-refractivity contribution is 0.506. The van der Waals surface area contributed by atoms with E-state index in [4.69, 9.17) is 0 Å². The van der Waals surface area contributed by atoms with Gasteiger partial charge < -0.3 is 6.08 Å². The van der Waals surface area contributed by atoms with Gasteiger partial charge in [0.2, 0.25) is 0 Å². The molecule has 0 bridgehead atoms. The lowest BCUT2D eigenvalue weighted by Gasteiger charge is -2.32. The average molecular weight is 244 g/mol. The fraction of sp³-hybridized carbons (Fsp3) is 0.769. The Morgan fingerprint density at radius 2 is 1.60 bits per heavy atom. The zero-order valence-corrected chi connectivity index (χ0v) is 13.4. The number of allylic oxidation sites excluding steroid dienone is 2. The number of rotatable bonds is 1. The van der Waals surface area contributed by atoms with Crippen molar-refractivity contribution in [1.29, 1.82) is 0 Å². The Bertz CT molecular complexity index is 337. The summed E-state index contributed by atoms with van der Waals surface area (Å²) < 4.78 is 0. The molecule has 0 aromatic rings. The van der Waals surface area contributed by atoms with E-state index < -0.39 is 14.1 Å². The first kappa shape index (κ1) is 13.5. The average Bonchev–Trinajstić information content (AvgIpc) is 2.22. The first-order valence-electron chi connectivity index (χ1n) is 5.59. The molecule has 0 unspecified atom stereocenters. The predicted octanol–water partition coefficient (Wildman–Crippen LogP) is 4.09. The molecule has 0 saturated heterocycles. The van der Waals surface area contributed by atoms with E-state index in [1.165, 1.54) is 6.42 Å². The maximum atomic E-state index is 3.79. The van der Waals surface area contributed by atoms with Crippen LogP contribution in [0.2, 0.25) is 0 Å². The largest absolute Gasteiger partial charge is 0.427 e. The van der Waals surface area contributed by atoms with Crippen LogP contribution in [-0.2, 0) is 0 Å². The summed E-state index contributed by atoms with van der Waals surface area (Å²) in [7, 11) is -0.889. The van der Waals surface area contributed by atoms with E-state index in [0.717, 1.165) is 0 Å². The van der Waals surface area contributed by atoms with E-state index in [-0.39, 0.29) is 0 Å². The van der Waals surface area contributed by atoms with Crippen molar-refractivity contribution >= 4 is 19.4 Å². The SMILES string of the molecule is CC1(C)CC(=P(C)(C)C)[C-]=C1[P+](C)(C)C. The lowest BCUT2D eigenvalue weighted by atomic mass is 9.93. The second-order valence-electron chi connectivity index (χ2n) is 7.01. The summed E-state index contributed by atoms with van der Waals surface area (Å²) in [5, 5.41) is 3.25. The highest BCUT2D eigenvalue weighted by atomic mass is 31.2. The first-order chi connectivity index (χ1) is 6.44. The fourth-order valence-corrected chi connectivity index (χ4v) is 6.10. The third-order valence-corrected chi connectivity index (χ3v) is 6.94. The van der Waals surface area contributed by atoms with Gasteiger partial charge >= 0.3 is 0 Å². The van der Waals surface area contributed by atoms with E-state index >= 15 is 0 Å². The minimum absolute atomic E-state index is 0.370. The third-order valence-electron chi connectivity index (χ3n) is 2.99. The van der Waals surface area contributed by atoms with Crippen LogP contribution < -0.4 is 0 Å². The molecule has 0 radical (unpaired) electrons. The lowest BCUT2D eigenvalue weighted by Crippen LogP contribution is -2.13. The van der Waals surface area contributed by atoms with E-state index in [1.54, 1.807) is 10.6 Å². The first-order valence-corrected chi connectivity index (χ1v) is 11.8. The van der Waals surface area contributed by atoms with Crippen molar-refractivity contribution in [3.05, 3.63) is 11.4 Å². The molecule has 0 amide bonds. The Morgan fingerprint density at radius 1 is 1.13 bits per heavy atom. The molecular formula is C13H26P2. The van der Waals surface area contributed by atoms with Crippen molar-refractivity contribution in [2.75, 3.05) is 40.0 Å². The molecule has 1 rings (SSSR count). The van der Waals surface area contributed by atoms with Gasteiger partial charge in [0.05, 0.1) is 0 Å². The van der Waals surface area contributed by atoms with Crippen molar-refractivity contribution in [2.45, 2.75) is 20.3 Å². The van der Waals surface area contributed by atoms with Crippen molar-refractivity contribution in [3.8, 4) is 0 Å². The van der Waals surface area contributed by atoms with Gasteiger partial charge in [-0.15, -0.1) is 6.89 Å². The van der Waals surface area contributed by atoms with Crippen LogP contribution in [0.5, 0.6) is 0 Å². The summed E-state index contributed by atoms with van der Waals surface area (Å²) >= 11 is 0. The van der Waals surface area contributed by atoms with Crippen LogP contribution in [-0.4, -0.2) is 45.3 Å². The molecule has 0 saturated carbocycles. The highest BCUT2D eigenvalue weighted by molar-refractivity contribution is 7.78. The molecule has 0 nitrogen and oxygen atoms in total. The van der Waals surface area contributed by atoms with Crippen LogP contribution in [0.4, 0.5) is 0 Å². The molecule has 0 spiro atoms. The normalized spacial score (nSPS) is 21.9. The molecule has 0 aromatic heterocycles. The summed E-state index contributed by atoms with van der Waals surface area (Å²) in [5.41, 5.74) is 0.370. The van der Waals surface area contributed by atoms with Crippen LogP contribution >= 0.6 is 14.1 Å². The molecule has 0 fully saturated rings. The fourth-order valence-electron chi connectivity index (χ4n) is 2.33. The van der Waals surface area contributed by atoms with Gasteiger partial charge in [0, 0.05) is 20.0 Å². The van der Waals surface area contributed by atoms with Gasteiger partial charge in [-0.25, -0.2) is 5.29 Å². The molecule has 0 atom stereocenters. The van der Waals surface area contributed by atoms with E-state index in [9.17, 15) is 0 Å². The Morgan fingerprint density at radius 3 is 1.80 bits per heavy atom. The van der Waals surface area contributed by atoms with Crippen LogP contribution in [0.25, 0.3) is 0 Å². The van der Waals surface area contributed by atoms with Crippen molar-refractivity contribution in [2.24, 2.45) is 5.41 Å². The highest BCUT2D eigenvalue weighted by Gasteiger charge is 2.34. The van der Waals surface area contributed by atoms with Gasteiger partial charge in [-0.2, -0.15) is 0 Å². The summed E-state index contributed by atoms with van der Waals surface area (Å²) in [6, 6.07) is 0. The Hall–Kier alpha value is 0.470. The molecule has 1 aliphatic carbocycles. The summed E-state index contributed by atoms with van der Waals surface area (Å²) in [5.74, 6) is 0. The number of hydrogen-bond acceptors (Lipinski definition) is 0. The minimum Gasteiger partial charge on any atom is -0.427 e. The van der Waals surface area contributed by atoms with Crippen molar-refractivity contribution in [3.63, 3.8) is 0 Å². The monoisotopic (exact) mass is 244 g/mol. The molecule has 2 heteroatoms. The van der Waals surface area contributed by atoms with Crippen LogP contribution in [0.1, 0.15) is 20.3 Å². The summed E-state index contributed by atoms with van der Waals surface area (Å²) in [6.07, 6.45) is 5.04. The highest BCUT2D eigenvalue weighted by Crippen LogP contribution is 2.65. The maximum Gasteiger partial charge on any atom is 0.0500 e. The molecule has 0 aliphatic heterocycles. The van der Waals surface area contributed by atoms with Gasteiger partial charge in [0.1, 0.15) is 0 Å². The smallest absolute Gasteiger partial charge is 0.0500 e. The third kappa shape index (κ3) is 2.98. The van der Waals surface area contributed by atoms with Gasteiger partial charge in [-0.3, -0.25) is 0 Å². The van der Waals surface area contributed by atoms with Crippen molar-refractivity contribution < 1.29 is 0 Å². The second kappa shape index (κ2) is 3.75.